The minimum atomic E-state index is -0.705. The first-order valence-electron chi connectivity index (χ1n) is 8.94. The Hall–Kier alpha value is -2.64. The second-order valence-electron chi connectivity index (χ2n) is 6.34. The molecule has 1 atom stereocenters. The van der Waals surface area contributed by atoms with Gasteiger partial charge in [0.15, 0.2) is 0 Å². The van der Waals surface area contributed by atoms with Crippen LogP contribution in [0.5, 0.6) is 0 Å². The fraction of sp³-hybridized carbons (Fsp3) is 0.556. The molecule has 2 rings (SSSR count). The zero-order chi connectivity index (χ0) is 18.8. The molecule has 1 saturated heterocycles. The average molecular weight is 363 g/mol. The second-order valence-corrected chi connectivity index (χ2v) is 6.34. The van der Waals surface area contributed by atoms with Gasteiger partial charge in [0.05, 0.1) is 0 Å². The highest BCUT2D eigenvalue weighted by Gasteiger charge is 2.28. The topological polar surface area (TPSA) is 102 Å². The molecule has 1 N–H and O–H groups in total. The van der Waals surface area contributed by atoms with Crippen molar-refractivity contribution in [2.75, 3.05) is 19.6 Å². The maximum Gasteiger partial charge on any atom is 0.408 e. The molecule has 0 aromatic heterocycles. The summed E-state index contributed by atoms with van der Waals surface area (Å²) in [5, 5.41) is 13.1. The van der Waals surface area contributed by atoms with E-state index in [0.717, 1.165) is 18.4 Å². The van der Waals surface area contributed by atoms with Crippen molar-refractivity contribution in [3.8, 4) is 0 Å². The maximum absolute atomic E-state index is 12.6. The lowest BCUT2D eigenvalue weighted by atomic mass is 10.1. The number of likely N-dealkylation sites (tertiary alicyclic amines) is 1. The van der Waals surface area contributed by atoms with Crippen LogP contribution >= 0.6 is 0 Å². The summed E-state index contributed by atoms with van der Waals surface area (Å²) in [4.78, 5) is 36.5. The van der Waals surface area contributed by atoms with Crippen molar-refractivity contribution in [1.29, 1.82) is 0 Å². The monoisotopic (exact) mass is 363 g/mol. The molecule has 0 bridgehead atoms. The Morgan fingerprint density at radius 3 is 2.54 bits per heavy atom. The standard InChI is InChI=1S/C18H25N3O5/c22-17(20-11-6-7-12-20)16(10-4-5-13-21(24)25)19-18(23)26-14-15-8-2-1-3-9-15/h1-3,8-9,16H,4-7,10-14H2,(H,19,23)/t16-/m0/s1. The molecule has 1 aromatic rings. The SMILES string of the molecule is O=C(N[C@@H](CCCC[N+](=O)[O-])C(=O)N1CCCC1)OCc1ccccc1. The number of rotatable bonds is 9. The molecule has 8 heteroatoms. The number of hydrogen-bond acceptors (Lipinski definition) is 5. The predicted octanol–water partition coefficient (Wildman–Crippen LogP) is 2.35. The van der Waals surface area contributed by atoms with E-state index in [4.69, 9.17) is 4.74 Å². The van der Waals surface area contributed by atoms with Crippen molar-refractivity contribution in [1.82, 2.24) is 10.2 Å². The van der Waals surface area contributed by atoms with Gasteiger partial charge in [-0.05, 0) is 31.2 Å². The van der Waals surface area contributed by atoms with Crippen molar-refractivity contribution < 1.29 is 19.2 Å². The van der Waals surface area contributed by atoms with E-state index in [2.05, 4.69) is 5.32 Å². The molecule has 8 nitrogen and oxygen atoms in total. The van der Waals surface area contributed by atoms with Crippen LogP contribution < -0.4 is 5.32 Å². The van der Waals surface area contributed by atoms with Gasteiger partial charge in [-0.15, -0.1) is 0 Å². The lowest BCUT2D eigenvalue weighted by Gasteiger charge is -2.23. The number of alkyl carbamates (subject to hydrolysis) is 1. The molecule has 0 spiro atoms. The second kappa shape index (κ2) is 10.4. The van der Waals surface area contributed by atoms with E-state index in [9.17, 15) is 19.7 Å². The van der Waals surface area contributed by atoms with E-state index in [1.54, 1.807) is 4.90 Å². The largest absolute Gasteiger partial charge is 0.445 e. The molecule has 1 aliphatic rings. The van der Waals surface area contributed by atoms with Gasteiger partial charge in [-0.3, -0.25) is 14.9 Å². The molecule has 0 aliphatic carbocycles. The number of nitro groups is 1. The fourth-order valence-corrected chi connectivity index (χ4v) is 2.91. The van der Waals surface area contributed by atoms with Crippen molar-refractivity contribution in [2.45, 2.75) is 44.8 Å². The van der Waals surface area contributed by atoms with Crippen LogP contribution in [0, 0.1) is 10.1 Å². The molecule has 142 valence electrons. The van der Waals surface area contributed by atoms with E-state index in [-0.39, 0.29) is 24.0 Å². The van der Waals surface area contributed by atoms with Crippen LogP contribution in [0.15, 0.2) is 30.3 Å². The summed E-state index contributed by atoms with van der Waals surface area (Å²) in [7, 11) is 0. The zero-order valence-electron chi connectivity index (χ0n) is 14.8. The van der Waals surface area contributed by atoms with Crippen LogP contribution in [0.1, 0.15) is 37.7 Å². The summed E-state index contributed by atoms with van der Waals surface area (Å²) < 4.78 is 5.19. The quantitative estimate of drug-likeness (QED) is 0.412. The van der Waals surface area contributed by atoms with E-state index in [1.165, 1.54) is 0 Å². The highest BCUT2D eigenvalue weighted by atomic mass is 16.6. The molecule has 26 heavy (non-hydrogen) atoms. The van der Waals surface area contributed by atoms with Gasteiger partial charge in [0.1, 0.15) is 12.6 Å². The first-order chi connectivity index (χ1) is 12.6. The van der Waals surface area contributed by atoms with Gasteiger partial charge in [0.25, 0.3) is 0 Å². The number of hydrogen-bond donors (Lipinski definition) is 1. The van der Waals surface area contributed by atoms with Gasteiger partial charge < -0.3 is 15.0 Å². The molecule has 1 aliphatic heterocycles. The Kier molecular flexibility index (Phi) is 7.85. The van der Waals surface area contributed by atoms with Gasteiger partial charge in [-0.25, -0.2) is 4.79 Å². The molecule has 0 radical (unpaired) electrons. The van der Waals surface area contributed by atoms with Gasteiger partial charge in [-0.2, -0.15) is 0 Å². The number of carbonyl (C=O) groups excluding carboxylic acids is 2. The van der Waals surface area contributed by atoms with Gasteiger partial charge in [-0.1, -0.05) is 30.3 Å². The van der Waals surface area contributed by atoms with Gasteiger partial charge in [0.2, 0.25) is 12.5 Å². The van der Waals surface area contributed by atoms with E-state index in [0.29, 0.717) is 32.4 Å². The first kappa shape index (κ1) is 19.7. The van der Waals surface area contributed by atoms with E-state index < -0.39 is 12.1 Å². The van der Waals surface area contributed by atoms with Crippen molar-refractivity contribution >= 4 is 12.0 Å². The Morgan fingerprint density at radius 1 is 1.19 bits per heavy atom. The number of ether oxygens (including phenoxy) is 1. The predicted molar refractivity (Wildman–Crippen MR) is 95.1 cm³/mol. The van der Waals surface area contributed by atoms with Crippen molar-refractivity contribution in [2.24, 2.45) is 0 Å². The maximum atomic E-state index is 12.6. The van der Waals surface area contributed by atoms with Crippen LogP contribution in [0.25, 0.3) is 0 Å². The van der Waals surface area contributed by atoms with E-state index in [1.807, 2.05) is 30.3 Å². The number of benzene rings is 1. The molecular formula is C18H25N3O5. The minimum absolute atomic E-state index is 0.124. The summed E-state index contributed by atoms with van der Waals surface area (Å²) in [5.74, 6) is -0.139. The van der Waals surface area contributed by atoms with Crippen LogP contribution in [-0.2, 0) is 16.1 Å². The summed E-state index contributed by atoms with van der Waals surface area (Å²) in [5.41, 5.74) is 0.857. The molecule has 1 fully saturated rings. The third kappa shape index (κ3) is 6.70. The average Bonchev–Trinajstić information content (AvgIpc) is 3.17. The molecule has 1 heterocycles. The summed E-state index contributed by atoms with van der Waals surface area (Å²) in [6.07, 6.45) is 2.49. The van der Waals surface area contributed by atoms with Crippen LogP contribution in [0.2, 0.25) is 0 Å². The number of nitrogens with one attached hydrogen (secondary N) is 1. The number of unbranched alkanes of at least 4 members (excludes halogenated alkanes) is 1. The van der Waals surface area contributed by atoms with Gasteiger partial charge >= 0.3 is 6.09 Å². The highest BCUT2D eigenvalue weighted by Crippen LogP contribution is 2.13. The van der Waals surface area contributed by atoms with Crippen molar-refractivity contribution in [3.05, 3.63) is 46.0 Å². The molecule has 1 aromatic carbocycles. The Balaban J connectivity index is 1.85. The number of carbonyl (C=O) groups is 2. The normalized spacial score (nSPS) is 14.7. The highest BCUT2D eigenvalue weighted by molar-refractivity contribution is 5.85. The Labute approximate surface area is 152 Å². The lowest BCUT2D eigenvalue weighted by Crippen LogP contribution is -2.47. The van der Waals surface area contributed by atoms with Gasteiger partial charge in [0, 0.05) is 24.4 Å². The van der Waals surface area contributed by atoms with Crippen molar-refractivity contribution in [3.63, 3.8) is 0 Å². The fourth-order valence-electron chi connectivity index (χ4n) is 2.91. The van der Waals surface area contributed by atoms with Crippen LogP contribution in [0.4, 0.5) is 4.79 Å². The molecular weight excluding hydrogens is 338 g/mol. The Morgan fingerprint density at radius 2 is 1.88 bits per heavy atom. The Bertz CT molecular complexity index is 602. The van der Waals surface area contributed by atoms with Crippen LogP contribution in [0.3, 0.4) is 0 Å². The minimum Gasteiger partial charge on any atom is -0.445 e. The van der Waals surface area contributed by atoms with Crippen LogP contribution in [-0.4, -0.2) is 47.5 Å². The number of amides is 2. The molecule has 0 unspecified atom stereocenters. The number of nitrogens with zero attached hydrogens (tertiary/aromatic N) is 2. The third-order valence-electron chi connectivity index (χ3n) is 4.30. The molecule has 0 saturated carbocycles. The first-order valence-corrected chi connectivity index (χ1v) is 8.94. The smallest absolute Gasteiger partial charge is 0.408 e. The summed E-state index contributed by atoms with van der Waals surface area (Å²) >= 11 is 0. The van der Waals surface area contributed by atoms with E-state index >= 15 is 0 Å². The summed E-state index contributed by atoms with van der Waals surface area (Å²) in [6.45, 7) is 1.36. The lowest BCUT2D eigenvalue weighted by molar-refractivity contribution is -0.480. The summed E-state index contributed by atoms with van der Waals surface area (Å²) in [6, 6.07) is 8.56. The zero-order valence-corrected chi connectivity index (χ0v) is 14.8. The third-order valence-corrected chi connectivity index (χ3v) is 4.30. The molecule has 2 amide bonds.